The summed E-state index contributed by atoms with van der Waals surface area (Å²) in [4.78, 5) is 12.6. The summed E-state index contributed by atoms with van der Waals surface area (Å²) in [5, 5.41) is 2.74. The molecule has 1 N–H and O–H groups in total. The highest BCUT2D eigenvalue weighted by Gasteiger charge is 2.29. The molecule has 1 amide bonds. The van der Waals surface area contributed by atoms with Crippen molar-refractivity contribution in [2.45, 2.75) is 19.9 Å². The monoisotopic (exact) mass is 440 g/mol. The van der Waals surface area contributed by atoms with Crippen molar-refractivity contribution in [2.75, 3.05) is 22.5 Å². The van der Waals surface area contributed by atoms with Crippen molar-refractivity contribution in [1.82, 2.24) is 0 Å². The summed E-state index contributed by atoms with van der Waals surface area (Å²) in [6, 6.07) is 12.8. The molecule has 0 heterocycles. The summed E-state index contributed by atoms with van der Waals surface area (Å²) in [6.45, 7) is 3.93. The molecule has 26 heavy (non-hydrogen) atoms. The number of ether oxygens (including phenoxy) is 1. The van der Waals surface area contributed by atoms with Crippen molar-refractivity contribution in [3.05, 3.63) is 53.0 Å². The maximum atomic E-state index is 12.6. The Morgan fingerprint density at radius 3 is 2.42 bits per heavy atom. The number of carbonyl (C=O) groups excluding carboxylic acids is 1. The lowest BCUT2D eigenvalue weighted by Gasteiger charge is -2.28. The van der Waals surface area contributed by atoms with Crippen LogP contribution in [0.5, 0.6) is 5.75 Å². The molecule has 0 aliphatic carbocycles. The van der Waals surface area contributed by atoms with E-state index in [0.29, 0.717) is 23.7 Å². The Kier molecular flexibility index (Phi) is 6.66. The van der Waals surface area contributed by atoms with Gasteiger partial charge in [0.15, 0.2) is 0 Å². The molecule has 0 fully saturated rings. The summed E-state index contributed by atoms with van der Waals surface area (Å²) in [6.07, 6.45) is 1.08. The molecule has 140 valence electrons. The third-order valence-corrected chi connectivity index (χ3v) is 5.32. The Labute approximate surface area is 162 Å². The first kappa shape index (κ1) is 20.3. The average molecular weight is 441 g/mol. The lowest BCUT2D eigenvalue weighted by molar-refractivity contribution is -0.116. The van der Waals surface area contributed by atoms with Crippen LogP contribution in [-0.2, 0) is 14.8 Å². The zero-order chi connectivity index (χ0) is 19.3. The van der Waals surface area contributed by atoms with Crippen LogP contribution in [0.1, 0.15) is 13.8 Å². The molecule has 6 nitrogen and oxygen atoms in total. The second-order valence-electron chi connectivity index (χ2n) is 5.66. The molecule has 0 spiro atoms. The number of sulfonamides is 1. The van der Waals surface area contributed by atoms with Crippen LogP contribution in [0.4, 0.5) is 11.4 Å². The van der Waals surface area contributed by atoms with Gasteiger partial charge in [0.2, 0.25) is 15.9 Å². The summed E-state index contributed by atoms with van der Waals surface area (Å²) >= 11 is 3.34. The van der Waals surface area contributed by atoms with Crippen LogP contribution in [0.2, 0.25) is 0 Å². The SMILES string of the molecule is CCOc1ccc(N(C(C)C(=O)Nc2cccc(Br)c2)S(C)(=O)=O)cc1. The largest absolute Gasteiger partial charge is 0.494 e. The fourth-order valence-corrected chi connectivity index (χ4v) is 4.05. The highest BCUT2D eigenvalue weighted by Crippen LogP contribution is 2.25. The predicted molar refractivity (Wildman–Crippen MR) is 107 cm³/mol. The zero-order valence-corrected chi connectivity index (χ0v) is 17.2. The number of halogens is 1. The molecule has 1 atom stereocenters. The first-order valence-corrected chi connectivity index (χ1v) is 10.6. The van der Waals surface area contributed by atoms with Gasteiger partial charge in [0.1, 0.15) is 11.8 Å². The van der Waals surface area contributed by atoms with E-state index in [4.69, 9.17) is 4.74 Å². The number of hydrogen-bond acceptors (Lipinski definition) is 4. The molecular formula is C18H21BrN2O4S. The molecule has 2 aromatic rings. The Morgan fingerprint density at radius 1 is 1.23 bits per heavy atom. The van der Waals surface area contributed by atoms with Crippen molar-refractivity contribution in [2.24, 2.45) is 0 Å². The number of anilines is 2. The van der Waals surface area contributed by atoms with Crippen molar-refractivity contribution in [3.8, 4) is 5.75 Å². The van der Waals surface area contributed by atoms with E-state index in [1.54, 1.807) is 49.4 Å². The molecule has 0 aromatic heterocycles. The smallest absolute Gasteiger partial charge is 0.247 e. The number of amides is 1. The van der Waals surface area contributed by atoms with Crippen molar-refractivity contribution in [3.63, 3.8) is 0 Å². The van der Waals surface area contributed by atoms with Crippen LogP contribution < -0.4 is 14.4 Å². The van der Waals surface area contributed by atoms with E-state index < -0.39 is 22.0 Å². The van der Waals surface area contributed by atoms with Crippen LogP contribution in [0, 0.1) is 0 Å². The second kappa shape index (κ2) is 8.55. The van der Waals surface area contributed by atoms with Crippen molar-refractivity contribution >= 4 is 43.2 Å². The van der Waals surface area contributed by atoms with E-state index in [0.717, 1.165) is 15.0 Å². The molecule has 8 heteroatoms. The van der Waals surface area contributed by atoms with E-state index in [9.17, 15) is 13.2 Å². The third-order valence-electron chi connectivity index (χ3n) is 3.58. The molecule has 0 saturated carbocycles. The maximum Gasteiger partial charge on any atom is 0.247 e. The number of rotatable bonds is 7. The second-order valence-corrected chi connectivity index (χ2v) is 8.44. The van der Waals surface area contributed by atoms with Gasteiger partial charge >= 0.3 is 0 Å². The Morgan fingerprint density at radius 2 is 1.88 bits per heavy atom. The summed E-state index contributed by atoms with van der Waals surface area (Å²) in [5.41, 5.74) is 0.976. The standard InChI is InChI=1S/C18H21BrN2O4S/c1-4-25-17-10-8-16(9-11-17)21(26(3,23)24)13(2)18(22)20-15-7-5-6-14(19)12-15/h5-13H,4H2,1-3H3,(H,20,22). The Bertz CT molecular complexity index is 869. The quantitative estimate of drug-likeness (QED) is 0.712. The molecule has 0 aliphatic rings. The Hall–Kier alpha value is -2.06. The van der Waals surface area contributed by atoms with Gasteiger partial charge in [-0.1, -0.05) is 22.0 Å². The highest BCUT2D eigenvalue weighted by atomic mass is 79.9. The van der Waals surface area contributed by atoms with E-state index in [1.807, 2.05) is 13.0 Å². The van der Waals surface area contributed by atoms with Gasteiger partial charge in [0.05, 0.1) is 18.6 Å². The maximum absolute atomic E-state index is 12.6. The van der Waals surface area contributed by atoms with Gasteiger partial charge in [-0.2, -0.15) is 0 Å². The number of nitrogens with zero attached hydrogens (tertiary/aromatic N) is 1. The van der Waals surface area contributed by atoms with Crippen molar-refractivity contribution < 1.29 is 17.9 Å². The molecule has 0 aliphatic heterocycles. The van der Waals surface area contributed by atoms with Crippen LogP contribution in [-0.4, -0.2) is 33.2 Å². The van der Waals surface area contributed by atoms with Crippen LogP contribution in [0.3, 0.4) is 0 Å². The summed E-state index contributed by atoms with van der Waals surface area (Å²) < 4.78 is 31.9. The first-order chi connectivity index (χ1) is 12.2. The van der Waals surface area contributed by atoms with E-state index >= 15 is 0 Å². The van der Waals surface area contributed by atoms with Crippen LogP contribution in [0.15, 0.2) is 53.0 Å². The van der Waals surface area contributed by atoms with E-state index in [1.165, 1.54) is 0 Å². The van der Waals surface area contributed by atoms with E-state index in [-0.39, 0.29) is 0 Å². The molecule has 0 radical (unpaired) electrons. The molecule has 0 bridgehead atoms. The average Bonchev–Trinajstić information content (AvgIpc) is 2.55. The third kappa shape index (κ3) is 5.22. The minimum Gasteiger partial charge on any atom is -0.494 e. The molecule has 2 aromatic carbocycles. The van der Waals surface area contributed by atoms with Gasteiger partial charge < -0.3 is 10.1 Å². The molecular weight excluding hydrogens is 420 g/mol. The van der Waals surface area contributed by atoms with E-state index in [2.05, 4.69) is 21.2 Å². The fraction of sp³-hybridized carbons (Fsp3) is 0.278. The summed E-state index contributed by atoms with van der Waals surface area (Å²) in [7, 11) is -3.67. The van der Waals surface area contributed by atoms with Gasteiger partial charge in [-0.05, 0) is 56.3 Å². The van der Waals surface area contributed by atoms with Gasteiger partial charge in [0, 0.05) is 10.2 Å². The summed E-state index contributed by atoms with van der Waals surface area (Å²) in [5.74, 6) is 0.207. The van der Waals surface area contributed by atoms with Crippen LogP contribution >= 0.6 is 15.9 Å². The highest BCUT2D eigenvalue weighted by molar-refractivity contribution is 9.10. The van der Waals surface area contributed by atoms with Gasteiger partial charge in [0.25, 0.3) is 0 Å². The van der Waals surface area contributed by atoms with Gasteiger partial charge in [-0.25, -0.2) is 8.42 Å². The zero-order valence-electron chi connectivity index (χ0n) is 14.8. The molecule has 0 saturated heterocycles. The predicted octanol–water partition coefficient (Wildman–Crippen LogP) is 3.64. The van der Waals surface area contributed by atoms with Gasteiger partial charge in [-0.15, -0.1) is 0 Å². The Balaban J connectivity index is 2.27. The minimum atomic E-state index is -3.67. The number of hydrogen-bond donors (Lipinski definition) is 1. The number of carbonyl (C=O) groups is 1. The topological polar surface area (TPSA) is 75.7 Å². The lowest BCUT2D eigenvalue weighted by atomic mass is 10.2. The number of benzene rings is 2. The minimum absolute atomic E-state index is 0.396. The molecule has 2 rings (SSSR count). The molecule has 1 unspecified atom stereocenters. The fourth-order valence-electron chi connectivity index (χ4n) is 2.48. The van der Waals surface area contributed by atoms with Crippen molar-refractivity contribution in [1.29, 1.82) is 0 Å². The normalized spacial score (nSPS) is 12.3. The van der Waals surface area contributed by atoms with Gasteiger partial charge in [-0.3, -0.25) is 9.10 Å². The lowest BCUT2D eigenvalue weighted by Crippen LogP contribution is -2.45. The first-order valence-electron chi connectivity index (χ1n) is 8.01. The number of nitrogens with one attached hydrogen (secondary N) is 1. The van der Waals surface area contributed by atoms with Crippen LogP contribution in [0.25, 0.3) is 0 Å².